The van der Waals surface area contributed by atoms with Gasteiger partial charge in [0.2, 0.25) is 11.8 Å². The standard InChI is InChI=1S/C24H23BrN6O3.C2HF3O2/c1-14(29-21(32)13-22(33)30-17-5-2-15(3-6-17)23(26)27)16-4-7-19(20(25)12-16)24(34)31-18-8-10-28-11-9-18;3-2(4,5)1(6)7/h2-12,14H,13H2,1H3,(H3,26,27)(H,29,32)(H,30,33)(H,28,31,34);(H,6,7). The second-order valence-electron chi connectivity index (χ2n) is 8.24. The zero-order chi connectivity index (χ0) is 30.7. The average molecular weight is 637 g/mol. The molecule has 0 aliphatic rings. The summed E-state index contributed by atoms with van der Waals surface area (Å²) in [4.78, 5) is 49.9. The third-order valence-electron chi connectivity index (χ3n) is 5.10. The van der Waals surface area contributed by atoms with E-state index < -0.39 is 24.0 Å². The number of rotatable bonds is 8. The molecular formula is C26H24BrF3N6O5. The van der Waals surface area contributed by atoms with Gasteiger partial charge in [0.15, 0.2) is 0 Å². The first-order chi connectivity index (χ1) is 19.2. The number of carboxylic acids is 1. The Hall–Kier alpha value is -4.79. The third-order valence-corrected chi connectivity index (χ3v) is 5.75. The molecule has 7 N–H and O–H groups in total. The van der Waals surface area contributed by atoms with Crippen molar-refractivity contribution in [2.24, 2.45) is 5.73 Å². The number of nitrogens with one attached hydrogen (secondary N) is 4. The number of anilines is 2. The maximum atomic E-state index is 12.5. The summed E-state index contributed by atoms with van der Waals surface area (Å²) in [6.07, 6.45) is -2.27. The lowest BCUT2D eigenvalue weighted by Gasteiger charge is -2.16. The number of pyridine rings is 1. The molecule has 1 unspecified atom stereocenters. The van der Waals surface area contributed by atoms with Crippen LogP contribution >= 0.6 is 15.9 Å². The lowest BCUT2D eigenvalue weighted by Crippen LogP contribution is -2.30. The molecule has 1 atom stereocenters. The van der Waals surface area contributed by atoms with E-state index in [1.807, 2.05) is 0 Å². The summed E-state index contributed by atoms with van der Waals surface area (Å²) < 4.78 is 32.3. The Morgan fingerprint density at radius 2 is 1.54 bits per heavy atom. The van der Waals surface area contributed by atoms with Gasteiger partial charge in [0.05, 0.1) is 11.6 Å². The van der Waals surface area contributed by atoms with Gasteiger partial charge < -0.3 is 26.8 Å². The fourth-order valence-electron chi connectivity index (χ4n) is 3.08. The van der Waals surface area contributed by atoms with Gasteiger partial charge >= 0.3 is 12.1 Å². The van der Waals surface area contributed by atoms with E-state index in [9.17, 15) is 27.6 Å². The van der Waals surface area contributed by atoms with Crippen molar-refractivity contribution < 1.29 is 37.5 Å². The van der Waals surface area contributed by atoms with Gasteiger partial charge in [-0.1, -0.05) is 6.07 Å². The van der Waals surface area contributed by atoms with Crippen molar-refractivity contribution in [1.82, 2.24) is 10.3 Å². The summed E-state index contributed by atoms with van der Waals surface area (Å²) in [5.41, 5.74) is 8.28. The zero-order valence-electron chi connectivity index (χ0n) is 21.3. The number of benzene rings is 2. The minimum Gasteiger partial charge on any atom is -0.475 e. The number of carbonyl (C=O) groups excluding carboxylic acids is 3. The van der Waals surface area contributed by atoms with Crippen molar-refractivity contribution >= 4 is 56.8 Å². The minimum atomic E-state index is -5.08. The molecule has 2 aromatic carbocycles. The van der Waals surface area contributed by atoms with Gasteiger partial charge in [-0.2, -0.15) is 13.2 Å². The number of nitrogen functional groups attached to an aromatic ring is 1. The van der Waals surface area contributed by atoms with Crippen LogP contribution in [0.1, 0.15) is 40.9 Å². The number of amides is 3. The van der Waals surface area contributed by atoms with E-state index in [4.69, 9.17) is 21.0 Å². The Morgan fingerprint density at radius 1 is 0.976 bits per heavy atom. The summed E-state index contributed by atoms with van der Waals surface area (Å²) in [5.74, 6) is -4.02. The van der Waals surface area contributed by atoms with Gasteiger partial charge in [0.25, 0.3) is 5.91 Å². The van der Waals surface area contributed by atoms with Crippen LogP contribution in [0.3, 0.4) is 0 Å². The van der Waals surface area contributed by atoms with E-state index in [1.165, 1.54) is 0 Å². The Kier molecular flexibility index (Phi) is 11.5. The lowest BCUT2D eigenvalue weighted by atomic mass is 10.1. The Morgan fingerprint density at radius 3 is 2.05 bits per heavy atom. The van der Waals surface area contributed by atoms with Crippen LogP contribution in [0, 0.1) is 5.41 Å². The fourth-order valence-corrected chi connectivity index (χ4v) is 3.66. The number of carboxylic acid groups (broad SMARTS) is 1. The molecular weight excluding hydrogens is 613 g/mol. The molecule has 0 spiro atoms. The number of aromatic nitrogens is 1. The lowest BCUT2D eigenvalue weighted by molar-refractivity contribution is -0.192. The molecule has 1 aromatic heterocycles. The van der Waals surface area contributed by atoms with E-state index in [2.05, 4.69) is 36.9 Å². The Bertz CT molecular complexity index is 1420. The highest BCUT2D eigenvalue weighted by Gasteiger charge is 2.38. The normalized spacial score (nSPS) is 11.2. The molecule has 3 aromatic rings. The molecule has 216 valence electrons. The smallest absolute Gasteiger partial charge is 0.475 e. The van der Waals surface area contributed by atoms with Crippen LogP contribution in [0.4, 0.5) is 24.5 Å². The number of aliphatic carboxylic acids is 1. The van der Waals surface area contributed by atoms with E-state index in [0.29, 0.717) is 27.0 Å². The number of amidine groups is 1. The number of hydrogen-bond acceptors (Lipinski definition) is 6. The first kappa shape index (κ1) is 32.4. The highest BCUT2D eigenvalue weighted by Crippen LogP contribution is 2.24. The van der Waals surface area contributed by atoms with E-state index in [-0.39, 0.29) is 24.2 Å². The predicted octanol–water partition coefficient (Wildman–Crippen LogP) is 4.22. The highest BCUT2D eigenvalue weighted by atomic mass is 79.9. The minimum absolute atomic E-state index is 0.0692. The van der Waals surface area contributed by atoms with Crippen LogP contribution in [-0.2, 0) is 14.4 Å². The van der Waals surface area contributed by atoms with E-state index in [1.54, 1.807) is 73.9 Å². The largest absolute Gasteiger partial charge is 0.490 e. The quantitative estimate of drug-likeness (QED) is 0.121. The third kappa shape index (κ3) is 10.7. The van der Waals surface area contributed by atoms with Crippen molar-refractivity contribution in [1.29, 1.82) is 5.41 Å². The molecule has 0 radical (unpaired) electrons. The molecule has 1 heterocycles. The van der Waals surface area contributed by atoms with Crippen LogP contribution in [-0.4, -0.2) is 45.8 Å². The van der Waals surface area contributed by atoms with Crippen molar-refractivity contribution in [2.45, 2.75) is 25.6 Å². The summed E-state index contributed by atoms with van der Waals surface area (Å²) >= 11 is 3.42. The van der Waals surface area contributed by atoms with Gasteiger partial charge in [-0.3, -0.25) is 24.8 Å². The predicted molar refractivity (Wildman–Crippen MR) is 147 cm³/mol. The Labute approximate surface area is 240 Å². The SMILES string of the molecule is CC(NC(=O)CC(=O)Nc1ccc(C(=N)N)cc1)c1ccc(C(=O)Nc2ccncc2)c(Br)c1.O=C(O)C(F)(F)F. The van der Waals surface area contributed by atoms with Crippen molar-refractivity contribution in [3.63, 3.8) is 0 Å². The van der Waals surface area contributed by atoms with Crippen molar-refractivity contribution in [2.75, 3.05) is 10.6 Å². The number of hydrogen-bond donors (Lipinski definition) is 6. The summed E-state index contributed by atoms with van der Waals surface area (Å²) in [6, 6.07) is 14.6. The van der Waals surface area contributed by atoms with Crippen LogP contribution in [0.2, 0.25) is 0 Å². The monoisotopic (exact) mass is 636 g/mol. The van der Waals surface area contributed by atoms with Gasteiger partial charge in [-0.15, -0.1) is 0 Å². The first-order valence-electron chi connectivity index (χ1n) is 11.5. The number of carbonyl (C=O) groups is 4. The van der Waals surface area contributed by atoms with E-state index >= 15 is 0 Å². The second-order valence-corrected chi connectivity index (χ2v) is 9.09. The molecule has 0 fully saturated rings. The maximum Gasteiger partial charge on any atom is 0.490 e. The molecule has 0 aliphatic heterocycles. The molecule has 0 aliphatic carbocycles. The molecule has 3 rings (SSSR count). The summed E-state index contributed by atoms with van der Waals surface area (Å²) in [6.45, 7) is 1.79. The first-order valence-corrected chi connectivity index (χ1v) is 12.3. The molecule has 3 amide bonds. The maximum absolute atomic E-state index is 12.5. The van der Waals surface area contributed by atoms with Crippen LogP contribution in [0.15, 0.2) is 71.5 Å². The number of nitrogens with two attached hydrogens (primary N) is 1. The van der Waals surface area contributed by atoms with Crippen LogP contribution in [0.5, 0.6) is 0 Å². The number of halogens is 4. The van der Waals surface area contributed by atoms with Gasteiger partial charge in [-0.25, -0.2) is 4.79 Å². The summed E-state index contributed by atoms with van der Waals surface area (Å²) in [7, 11) is 0. The molecule has 11 nitrogen and oxygen atoms in total. The topological polar surface area (TPSA) is 187 Å². The van der Waals surface area contributed by atoms with Crippen molar-refractivity contribution in [3.05, 3.63) is 88.2 Å². The summed E-state index contributed by atoms with van der Waals surface area (Å²) in [5, 5.41) is 22.7. The fraction of sp³-hybridized carbons (Fsp3) is 0.154. The van der Waals surface area contributed by atoms with Crippen LogP contribution < -0.4 is 21.7 Å². The second kappa shape index (κ2) is 14.6. The van der Waals surface area contributed by atoms with Gasteiger partial charge in [0, 0.05) is 33.8 Å². The molecule has 0 saturated heterocycles. The number of alkyl halides is 3. The Balaban J connectivity index is 0.000000745. The average Bonchev–Trinajstić information content (AvgIpc) is 2.89. The molecule has 41 heavy (non-hydrogen) atoms. The van der Waals surface area contributed by atoms with Gasteiger partial charge in [-0.05, 0) is 76.9 Å². The highest BCUT2D eigenvalue weighted by molar-refractivity contribution is 9.10. The molecule has 0 saturated carbocycles. The van der Waals surface area contributed by atoms with Crippen LogP contribution in [0.25, 0.3) is 0 Å². The van der Waals surface area contributed by atoms with Crippen molar-refractivity contribution in [3.8, 4) is 0 Å². The zero-order valence-corrected chi connectivity index (χ0v) is 22.8. The number of nitrogens with zero attached hydrogens (tertiary/aromatic N) is 1. The van der Waals surface area contributed by atoms with E-state index in [0.717, 1.165) is 5.56 Å². The molecule has 15 heteroatoms. The van der Waals surface area contributed by atoms with Gasteiger partial charge in [0.1, 0.15) is 12.3 Å². The molecule has 0 bridgehead atoms.